The molecule has 8 atom stereocenters. The van der Waals surface area contributed by atoms with Gasteiger partial charge in [-0.15, -0.1) is 0 Å². The van der Waals surface area contributed by atoms with E-state index >= 15 is 0 Å². The largest absolute Gasteiger partial charge is 0.467 e. The van der Waals surface area contributed by atoms with Gasteiger partial charge in [0.15, 0.2) is 36.3 Å². The Labute approximate surface area is 400 Å². The van der Waals surface area contributed by atoms with Crippen molar-refractivity contribution in [1.82, 2.24) is 5.32 Å². The highest BCUT2D eigenvalue weighted by Gasteiger charge is 2.76. The normalized spacial score (nSPS) is 26.8. The van der Waals surface area contributed by atoms with Crippen LogP contribution in [0.1, 0.15) is 151 Å². The highest BCUT2D eigenvalue weighted by atomic mass is 16.7. The zero-order chi connectivity index (χ0) is 50.6. The molecule has 2 unspecified atom stereocenters. The number of hydrogen-bond donors (Lipinski definition) is 3. The molecule has 17 nitrogen and oxygen atoms in total. The highest BCUT2D eigenvalue weighted by molar-refractivity contribution is 5.88. The average molecular weight is 958 g/mol. The minimum absolute atomic E-state index is 0.0211. The lowest BCUT2D eigenvalue weighted by atomic mass is 9.75. The second kappa shape index (κ2) is 24.0. The number of allylic oxidation sites excluding steroid dienone is 1. The van der Waals surface area contributed by atoms with Gasteiger partial charge in [-0.1, -0.05) is 57.2 Å². The van der Waals surface area contributed by atoms with Gasteiger partial charge >= 0.3 is 35.9 Å². The van der Waals surface area contributed by atoms with Gasteiger partial charge in [-0.05, 0) is 116 Å². The van der Waals surface area contributed by atoms with Crippen LogP contribution in [0.3, 0.4) is 0 Å². The Morgan fingerprint density at radius 3 is 2.24 bits per heavy atom. The van der Waals surface area contributed by atoms with Gasteiger partial charge < -0.3 is 53.4 Å². The summed E-state index contributed by atoms with van der Waals surface area (Å²) in [5, 5.41) is 27.6. The van der Waals surface area contributed by atoms with E-state index in [1.165, 1.54) is 21.0 Å². The number of ether oxygens (including phenoxy) is 8. The third-order valence-electron chi connectivity index (χ3n) is 12.9. The standard InChI is InChI=1S/C51H75NO16/c1-12-14-15-16-19-22-38(54)64-43-41-40(32(4)42(43)65-45(56)31(3)13-2)44-51(60,50(10,59)46(57)66-44)37(29-49(41,9)67-33(5)53)63-39(55)26-24-34-23-25-36(62-30-61-11)35(28-34)21-18-17-20-27-52-47(58)68-48(6,7)8/h13,23,25,28,37,41-44,59-60H,12,14-22,24,26-27,29-30H2,1-11H3,(H,52,58)/b31-13-/t37?,41-,42?,43+,44+,49+,50-,51-/m1/s1. The molecule has 2 fully saturated rings. The fraction of sp³-hybridized carbons (Fsp3) is 0.686. The summed E-state index contributed by atoms with van der Waals surface area (Å²) in [6.45, 7) is 16.5. The lowest BCUT2D eigenvalue weighted by Crippen LogP contribution is -2.64. The monoisotopic (exact) mass is 958 g/mol. The van der Waals surface area contributed by atoms with E-state index in [1.54, 1.807) is 59.8 Å². The number of amides is 1. The summed E-state index contributed by atoms with van der Waals surface area (Å²) in [5.41, 5.74) is -5.51. The maximum atomic E-state index is 14.0. The first kappa shape index (κ1) is 55.6. The third-order valence-corrected chi connectivity index (χ3v) is 12.9. The number of aryl methyl sites for hydroxylation is 2. The maximum absolute atomic E-state index is 14.0. The van der Waals surface area contributed by atoms with Crippen LogP contribution < -0.4 is 10.1 Å². The average Bonchev–Trinajstić information content (AvgIpc) is 3.59. The molecule has 1 aromatic carbocycles. The third kappa shape index (κ3) is 13.6. The van der Waals surface area contributed by atoms with E-state index in [9.17, 15) is 39.0 Å². The van der Waals surface area contributed by atoms with Gasteiger partial charge in [-0.2, -0.15) is 0 Å². The summed E-state index contributed by atoms with van der Waals surface area (Å²) in [6, 6.07) is 5.51. The predicted molar refractivity (Wildman–Crippen MR) is 248 cm³/mol. The Balaban J connectivity index is 1.64. The molecule has 1 saturated carbocycles. The molecule has 17 heteroatoms. The van der Waals surface area contributed by atoms with Crippen LogP contribution in [-0.2, 0) is 70.0 Å². The van der Waals surface area contributed by atoms with Gasteiger partial charge in [0.1, 0.15) is 23.1 Å². The van der Waals surface area contributed by atoms with E-state index in [0.29, 0.717) is 25.1 Å². The van der Waals surface area contributed by atoms with E-state index in [2.05, 4.69) is 12.2 Å². The smallest absolute Gasteiger partial charge is 0.407 e. The molecule has 3 N–H and O–H groups in total. The number of rotatable bonds is 23. The molecular formula is C51H75NO16. The number of hydrogen-bond acceptors (Lipinski definition) is 16. The van der Waals surface area contributed by atoms with Gasteiger partial charge in [0.25, 0.3) is 0 Å². The summed E-state index contributed by atoms with van der Waals surface area (Å²) in [5.74, 6) is -4.74. The van der Waals surface area contributed by atoms with Crippen molar-refractivity contribution in [3.8, 4) is 5.75 Å². The number of benzene rings is 1. The summed E-state index contributed by atoms with van der Waals surface area (Å²) >= 11 is 0. The fourth-order valence-electron chi connectivity index (χ4n) is 9.31. The van der Waals surface area contributed by atoms with Crippen molar-refractivity contribution in [3.63, 3.8) is 0 Å². The summed E-state index contributed by atoms with van der Waals surface area (Å²) in [7, 11) is 1.52. The zero-order valence-corrected chi connectivity index (χ0v) is 41.9. The number of unbranched alkanes of at least 4 members (excludes halogenated alkanes) is 6. The molecule has 4 rings (SSSR count). The predicted octanol–water partition coefficient (Wildman–Crippen LogP) is 6.98. The van der Waals surface area contributed by atoms with E-state index in [0.717, 1.165) is 63.0 Å². The van der Waals surface area contributed by atoms with Crippen molar-refractivity contribution in [2.75, 3.05) is 20.4 Å². The van der Waals surface area contributed by atoms with E-state index in [-0.39, 0.29) is 42.8 Å². The van der Waals surface area contributed by atoms with Crippen molar-refractivity contribution >= 4 is 35.9 Å². The van der Waals surface area contributed by atoms with Crippen LogP contribution in [0, 0.1) is 5.92 Å². The minimum atomic E-state index is -2.69. The van der Waals surface area contributed by atoms with Crippen molar-refractivity contribution in [1.29, 1.82) is 0 Å². The molecule has 1 aliphatic heterocycles. The maximum Gasteiger partial charge on any atom is 0.407 e. The van der Waals surface area contributed by atoms with Crippen molar-refractivity contribution in [2.24, 2.45) is 5.92 Å². The van der Waals surface area contributed by atoms with Gasteiger partial charge in [0.05, 0.1) is 5.92 Å². The number of nitrogens with one attached hydrogen (secondary N) is 1. The SMILES string of the molecule is C/C=C(/C)C(=O)OC1C(C)=C2[C@H]([C@@H]1OC(=O)CCCCCCC)[C@@](C)(OC(C)=O)CC(OC(=O)CCc1ccc(OCOC)c(CCCCCNC(=O)OC(C)(C)C)c1)[C@@]1(O)[C@H]2OC(=O)[C@@]1(C)O. The molecule has 0 radical (unpaired) electrons. The van der Waals surface area contributed by atoms with Crippen LogP contribution in [0.4, 0.5) is 4.79 Å². The summed E-state index contributed by atoms with van der Waals surface area (Å²) in [6.07, 6.45) is 1.65. The Bertz CT molecular complexity index is 2030. The number of carbonyl (C=O) groups is 6. The first-order chi connectivity index (χ1) is 31.9. The van der Waals surface area contributed by atoms with Crippen LogP contribution in [-0.4, -0.2) is 113 Å². The van der Waals surface area contributed by atoms with Gasteiger partial charge in [0.2, 0.25) is 0 Å². The van der Waals surface area contributed by atoms with Crippen LogP contribution >= 0.6 is 0 Å². The Morgan fingerprint density at radius 2 is 1.59 bits per heavy atom. The topological polar surface area (TPSA) is 229 Å². The quantitative estimate of drug-likeness (QED) is 0.0251. The second-order valence-corrected chi connectivity index (χ2v) is 19.5. The number of aliphatic hydroxyl groups is 2. The number of esters is 5. The van der Waals surface area contributed by atoms with Crippen LogP contribution in [0.5, 0.6) is 5.75 Å². The molecule has 1 aromatic rings. The van der Waals surface area contributed by atoms with E-state index in [1.807, 2.05) is 6.07 Å². The van der Waals surface area contributed by atoms with Crippen LogP contribution in [0.2, 0.25) is 0 Å². The molecule has 0 bridgehead atoms. The van der Waals surface area contributed by atoms with E-state index < -0.39 is 95.1 Å². The van der Waals surface area contributed by atoms with Crippen molar-refractivity contribution in [2.45, 2.75) is 200 Å². The summed E-state index contributed by atoms with van der Waals surface area (Å²) < 4.78 is 46.5. The Hall–Kier alpha value is -5.00. The summed E-state index contributed by atoms with van der Waals surface area (Å²) in [4.78, 5) is 79.8. The Kier molecular flexibility index (Phi) is 19.6. The molecule has 3 aliphatic rings. The van der Waals surface area contributed by atoms with Gasteiger partial charge in [-0.3, -0.25) is 14.4 Å². The zero-order valence-electron chi connectivity index (χ0n) is 41.9. The first-order valence-electron chi connectivity index (χ1n) is 23.9. The van der Waals surface area contributed by atoms with Crippen LogP contribution in [0.15, 0.2) is 41.0 Å². The van der Waals surface area contributed by atoms with Crippen LogP contribution in [0.25, 0.3) is 0 Å². The lowest BCUT2D eigenvalue weighted by Gasteiger charge is -2.41. The number of alkyl carbamates (subject to hydrolysis) is 1. The molecule has 1 heterocycles. The lowest BCUT2D eigenvalue weighted by molar-refractivity contribution is -0.212. The highest BCUT2D eigenvalue weighted by Crippen LogP contribution is 2.57. The minimum Gasteiger partial charge on any atom is -0.467 e. The molecule has 0 aromatic heterocycles. The number of methoxy groups -OCH3 is 1. The Morgan fingerprint density at radius 1 is 0.912 bits per heavy atom. The molecule has 68 heavy (non-hydrogen) atoms. The molecule has 2 aliphatic carbocycles. The van der Waals surface area contributed by atoms with Gasteiger partial charge in [-0.25, -0.2) is 14.4 Å². The molecule has 1 saturated heterocycles. The molecule has 1 amide bonds. The molecule has 380 valence electrons. The number of fused-ring (bicyclic) bond motifs is 3. The first-order valence-corrected chi connectivity index (χ1v) is 23.9. The molecular weight excluding hydrogens is 883 g/mol. The second-order valence-electron chi connectivity index (χ2n) is 19.5. The number of carbonyl (C=O) groups excluding carboxylic acids is 6. The van der Waals surface area contributed by atoms with Crippen molar-refractivity contribution in [3.05, 3.63) is 52.1 Å². The fourth-order valence-corrected chi connectivity index (χ4v) is 9.31. The van der Waals surface area contributed by atoms with Crippen molar-refractivity contribution < 1.29 is 76.9 Å². The van der Waals surface area contributed by atoms with Gasteiger partial charge in [0, 0.05) is 45.4 Å². The molecule has 0 spiro atoms. The van der Waals surface area contributed by atoms with E-state index in [4.69, 9.17) is 37.9 Å².